The van der Waals surface area contributed by atoms with Crippen molar-refractivity contribution in [2.45, 2.75) is 31.7 Å². The van der Waals surface area contributed by atoms with E-state index in [9.17, 15) is 0 Å². The van der Waals surface area contributed by atoms with Gasteiger partial charge in [0.25, 0.3) is 0 Å². The highest BCUT2D eigenvalue weighted by molar-refractivity contribution is 5.91. The molecule has 170 valence electrons. The Hall–Kier alpha value is -3.72. The molecule has 1 fully saturated rings. The van der Waals surface area contributed by atoms with Gasteiger partial charge in [0, 0.05) is 11.5 Å². The molecule has 4 N–H and O–H groups in total. The molecule has 3 aromatic heterocycles. The molecule has 9 heteroatoms. The first-order valence-corrected chi connectivity index (χ1v) is 11.4. The molecule has 0 spiro atoms. The second kappa shape index (κ2) is 9.83. The van der Waals surface area contributed by atoms with Gasteiger partial charge in [-0.25, -0.2) is 15.0 Å². The summed E-state index contributed by atoms with van der Waals surface area (Å²) in [7, 11) is 1.92. The predicted octanol–water partition coefficient (Wildman–Crippen LogP) is 2.60. The van der Waals surface area contributed by atoms with Gasteiger partial charge in [-0.3, -0.25) is 0 Å². The molecule has 1 saturated carbocycles. The predicted molar refractivity (Wildman–Crippen MR) is 124 cm³/mol. The van der Waals surface area contributed by atoms with Crippen molar-refractivity contribution in [3.63, 3.8) is 0 Å². The van der Waals surface area contributed by atoms with Gasteiger partial charge in [0.15, 0.2) is 19.1 Å². The van der Waals surface area contributed by atoms with Gasteiger partial charge < -0.3 is 20.1 Å². The normalized spacial score (nSPS) is 14.0. The zero-order valence-corrected chi connectivity index (χ0v) is 18.7. The van der Waals surface area contributed by atoms with Gasteiger partial charge >= 0.3 is 0 Å². The van der Waals surface area contributed by atoms with E-state index in [0.717, 1.165) is 35.1 Å². The third-order valence-corrected chi connectivity index (χ3v) is 5.84. The SMILES string of the molecule is C[n+]1ccc(Nc2ncnc3ccc(Oc4ccc(OCC[NH2+]C5CCCC5)cn4)cc23)[nH]1. The molecule has 33 heavy (non-hydrogen) atoms. The van der Waals surface area contributed by atoms with Crippen molar-refractivity contribution in [3.05, 3.63) is 55.1 Å². The number of hydrogen-bond donors (Lipinski definition) is 3. The quantitative estimate of drug-likeness (QED) is 0.269. The molecule has 1 aliphatic carbocycles. The number of hydrogen-bond acceptors (Lipinski definition) is 6. The maximum atomic E-state index is 5.98. The highest BCUT2D eigenvalue weighted by Gasteiger charge is 2.17. The number of pyridine rings is 1. The van der Waals surface area contributed by atoms with Gasteiger partial charge in [-0.05, 0) is 49.9 Å². The van der Waals surface area contributed by atoms with Crippen LogP contribution in [0.2, 0.25) is 0 Å². The average Bonchev–Trinajstić information content (AvgIpc) is 3.50. The van der Waals surface area contributed by atoms with Gasteiger partial charge in [-0.1, -0.05) is 0 Å². The molecule has 0 bridgehead atoms. The second-order valence-electron chi connectivity index (χ2n) is 8.33. The highest BCUT2D eigenvalue weighted by Crippen LogP contribution is 2.28. The van der Waals surface area contributed by atoms with E-state index in [4.69, 9.17) is 9.47 Å². The fraction of sp³-hybridized carbons (Fsp3) is 0.333. The minimum Gasteiger partial charge on any atom is -0.486 e. The Morgan fingerprint density at radius 1 is 1.09 bits per heavy atom. The van der Waals surface area contributed by atoms with Crippen LogP contribution in [-0.2, 0) is 7.05 Å². The number of nitrogens with two attached hydrogens (primary N) is 1. The van der Waals surface area contributed by atoms with E-state index in [2.05, 4.69) is 30.7 Å². The number of aromatic amines is 1. The zero-order valence-electron chi connectivity index (χ0n) is 18.7. The Bertz CT molecular complexity index is 1200. The number of aromatic nitrogens is 5. The third-order valence-electron chi connectivity index (χ3n) is 5.84. The van der Waals surface area contributed by atoms with Gasteiger partial charge in [0.1, 0.15) is 36.8 Å². The summed E-state index contributed by atoms with van der Waals surface area (Å²) >= 11 is 0. The fourth-order valence-corrected chi connectivity index (χ4v) is 4.15. The van der Waals surface area contributed by atoms with E-state index in [1.807, 2.05) is 54.3 Å². The Labute approximate surface area is 192 Å². The lowest BCUT2D eigenvalue weighted by molar-refractivity contribution is -0.725. The lowest BCUT2D eigenvalue weighted by Crippen LogP contribution is -2.90. The van der Waals surface area contributed by atoms with Crippen molar-refractivity contribution < 1.29 is 19.5 Å². The van der Waals surface area contributed by atoms with Crippen LogP contribution >= 0.6 is 0 Å². The maximum Gasteiger partial charge on any atom is 0.219 e. The minimum atomic E-state index is 0.502. The molecule has 0 aliphatic heterocycles. The summed E-state index contributed by atoms with van der Waals surface area (Å²) < 4.78 is 13.7. The number of anilines is 2. The topological polar surface area (TPSA) is 105 Å². The molecular weight excluding hydrogens is 418 g/mol. The van der Waals surface area contributed by atoms with Crippen molar-refractivity contribution in [3.8, 4) is 17.4 Å². The van der Waals surface area contributed by atoms with Crippen LogP contribution in [0.4, 0.5) is 11.6 Å². The van der Waals surface area contributed by atoms with Crippen LogP contribution in [0.3, 0.4) is 0 Å². The number of ether oxygens (including phenoxy) is 2. The van der Waals surface area contributed by atoms with Crippen LogP contribution in [-0.4, -0.2) is 39.2 Å². The summed E-state index contributed by atoms with van der Waals surface area (Å²) in [5.41, 5.74) is 0.821. The first kappa shape index (κ1) is 21.1. The van der Waals surface area contributed by atoms with E-state index in [1.165, 1.54) is 25.7 Å². The summed E-state index contributed by atoms with van der Waals surface area (Å²) in [6, 6.07) is 12.1. The standard InChI is InChI=1S/C24H27N7O2/c1-31-12-10-22(30-31)29-24-20-14-18(6-8-21(20)27-16-28-24)33-23-9-7-19(15-26-23)32-13-11-25-17-4-2-3-5-17/h6-10,12,14-17,25H,2-5,11,13H2,1H3,(H,27,28,29,30)/p+2. The molecule has 0 radical (unpaired) electrons. The van der Waals surface area contributed by atoms with Gasteiger partial charge in [-0.15, -0.1) is 9.78 Å². The first-order chi connectivity index (χ1) is 16.2. The lowest BCUT2D eigenvalue weighted by atomic mass is 10.2. The van der Waals surface area contributed by atoms with E-state index >= 15 is 0 Å². The summed E-state index contributed by atoms with van der Waals surface area (Å²) in [6.07, 6.45) is 10.6. The Kier molecular flexibility index (Phi) is 6.30. The zero-order chi connectivity index (χ0) is 22.5. The van der Waals surface area contributed by atoms with E-state index in [-0.39, 0.29) is 0 Å². The number of rotatable bonds is 9. The van der Waals surface area contributed by atoms with Crippen LogP contribution in [0.25, 0.3) is 10.9 Å². The third kappa shape index (κ3) is 5.38. The number of nitrogens with zero attached hydrogens (tertiary/aromatic N) is 4. The molecule has 0 atom stereocenters. The minimum absolute atomic E-state index is 0.502. The summed E-state index contributed by atoms with van der Waals surface area (Å²) in [5.74, 6) is 3.44. The second-order valence-corrected chi connectivity index (χ2v) is 8.33. The highest BCUT2D eigenvalue weighted by atomic mass is 16.5. The van der Waals surface area contributed by atoms with Crippen LogP contribution in [0.15, 0.2) is 55.1 Å². The average molecular weight is 448 g/mol. The molecular formula is C24H29N7O2+2. The van der Waals surface area contributed by atoms with Crippen molar-refractivity contribution in [1.29, 1.82) is 0 Å². The van der Waals surface area contributed by atoms with Gasteiger partial charge in [-0.2, -0.15) is 0 Å². The molecule has 0 amide bonds. The Morgan fingerprint density at radius 2 is 1.97 bits per heavy atom. The number of benzene rings is 1. The van der Waals surface area contributed by atoms with Crippen molar-refractivity contribution in [2.75, 3.05) is 18.5 Å². The molecule has 3 heterocycles. The molecule has 9 nitrogen and oxygen atoms in total. The lowest BCUT2D eigenvalue weighted by Gasteiger charge is -2.10. The van der Waals surface area contributed by atoms with Gasteiger partial charge in [0.2, 0.25) is 5.88 Å². The number of aryl methyl sites for hydroxylation is 1. The molecule has 0 unspecified atom stereocenters. The molecule has 5 rings (SSSR count). The first-order valence-electron chi connectivity index (χ1n) is 11.4. The van der Waals surface area contributed by atoms with Crippen LogP contribution in [0.1, 0.15) is 25.7 Å². The Balaban J connectivity index is 1.21. The summed E-state index contributed by atoms with van der Waals surface area (Å²) in [5, 5.41) is 9.72. The number of H-pyrrole nitrogens is 1. The Morgan fingerprint density at radius 3 is 2.76 bits per heavy atom. The maximum absolute atomic E-state index is 5.98. The molecule has 1 aromatic carbocycles. The van der Waals surface area contributed by atoms with E-state index in [0.29, 0.717) is 24.1 Å². The van der Waals surface area contributed by atoms with Crippen molar-refractivity contribution in [2.24, 2.45) is 7.05 Å². The molecule has 1 aliphatic rings. The monoisotopic (exact) mass is 447 g/mol. The summed E-state index contributed by atoms with van der Waals surface area (Å²) in [4.78, 5) is 13.1. The smallest absolute Gasteiger partial charge is 0.219 e. The number of nitrogens with one attached hydrogen (secondary N) is 2. The molecule has 4 aromatic rings. The van der Waals surface area contributed by atoms with Crippen molar-refractivity contribution in [1.82, 2.24) is 20.1 Å². The summed E-state index contributed by atoms with van der Waals surface area (Å²) in [6.45, 7) is 1.65. The number of quaternary nitrogens is 1. The van der Waals surface area contributed by atoms with Crippen LogP contribution in [0, 0.1) is 0 Å². The number of fused-ring (bicyclic) bond motifs is 1. The van der Waals surface area contributed by atoms with E-state index in [1.54, 1.807) is 12.5 Å². The van der Waals surface area contributed by atoms with E-state index < -0.39 is 0 Å². The fourth-order valence-electron chi connectivity index (χ4n) is 4.15. The van der Waals surface area contributed by atoms with Crippen molar-refractivity contribution >= 4 is 22.5 Å². The van der Waals surface area contributed by atoms with Crippen LogP contribution < -0.4 is 24.8 Å². The van der Waals surface area contributed by atoms with Gasteiger partial charge in [0.05, 0.1) is 23.8 Å². The van der Waals surface area contributed by atoms with Crippen LogP contribution in [0.5, 0.6) is 17.4 Å². The molecule has 0 saturated heterocycles. The largest absolute Gasteiger partial charge is 0.486 e.